The summed E-state index contributed by atoms with van der Waals surface area (Å²) in [7, 11) is -3.73. The summed E-state index contributed by atoms with van der Waals surface area (Å²) in [6.45, 7) is 3.69. The number of nitrogens with two attached hydrogens (primary N) is 1. The first-order chi connectivity index (χ1) is 9.23. The van der Waals surface area contributed by atoms with Crippen LogP contribution in [0.4, 0.5) is 4.39 Å². The first kappa shape index (κ1) is 15.7. The van der Waals surface area contributed by atoms with E-state index in [4.69, 9.17) is 17.3 Å². The quantitative estimate of drug-likeness (QED) is 0.909. The van der Waals surface area contributed by atoms with Gasteiger partial charge in [0.15, 0.2) is 0 Å². The molecule has 1 heterocycles. The number of piperidine rings is 1. The Bertz CT molecular complexity index is 621. The maximum absolute atomic E-state index is 13.4. The Morgan fingerprint density at radius 1 is 1.45 bits per heavy atom. The maximum atomic E-state index is 13.4. The summed E-state index contributed by atoms with van der Waals surface area (Å²) in [5.41, 5.74) is 6.10. The fourth-order valence-electron chi connectivity index (χ4n) is 2.50. The highest BCUT2D eigenvalue weighted by Gasteiger charge is 2.34. The van der Waals surface area contributed by atoms with Crippen LogP contribution in [0.3, 0.4) is 0 Å². The molecule has 2 rings (SSSR count). The number of benzene rings is 1. The van der Waals surface area contributed by atoms with Gasteiger partial charge in [-0.1, -0.05) is 11.6 Å². The van der Waals surface area contributed by atoms with E-state index in [9.17, 15) is 12.8 Å². The van der Waals surface area contributed by atoms with Crippen molar-refractivity contribution in [2.75, 3.05) is 6.54 Å². The van der Waals surface area contributed by atoms with Gasteiger partial charge in [0.25, 0.3) is 0 Å². The summed E-state index contributed by atoms with van der Waals surface area (Å²) < 4.78 is 40.1. The van der Waals surface area contributed by atoms with Crippen LogP contribution in [0.2, 0.25) is 5.02 Å². The fourth-order valence-corrected chi connectivity index (χ4v) is 4.73. The Hall–Kier alpha value is -0.690. The van der Waals surface area contributed by atoms with Crippen LogP contribution in [0.1, 0.15) is 25.3 Å². The van der Waals surface area contributed by atoms with Gasteiger partial charge in [-0.3, -0.25) is 0 Å². The molecular formula is C13H18ClFN2O2S. The molecule has 112 valence electrons. The average molecular weight is 321 g/mol. The minimum absolute atomic E-state index is 0.0156. The van der Waals surface area contributed by atoms with E-state index in [0.29, 0.717) is 19.4 Å². The van der Waals surface area contributed by atoms with Gasteiger partial charge in [-0.15, -0.1) is 0 Å². The summed E-state index contributed by atoms with van der Waals surface area (Å²) in [5.74, 6) is -0.511. The van der Waals surface area contributed by atoms with Crippen LogP contribution in [-0.4, -0.2) is 31.4 Å². The molecule has 4 nitrogen and oxygen atoms in total. The minimum Gasteiger partial charge on any atom is -0.328 e. The zero-order valence-electron chi connectivity index (χ0n) is 11.4. The van der Waals surface area contributed by atoms with Gasteiger partial charge in [-0.25, -0.2) is 12.8 Å². The smallest absolute Gasteiger partial charge is 0.244 e. The monoisotopic (exact) mass is 320 g/mol. The molecule has 0 amide bonds. The minimum atomic E-state index is -3.73. The highest BCUT2D eigenvalue weighted by atomic mass is 35.5. The van der Waals surface area contributed by atoms with Gasteiger partial charge in [0.1, 0.15) is 10.7 Å². The Morgan fingerprint density at radius 3 is 2.70 bits per heavy atom. The van der Waals surface area contributed by atoms with Crippen LogP contribution in [0.5, 0.6) is 0 Å². The Kier molecular flexibility index (Phi) is 4.39. The maximum Gasteiger partial charge on any atom is 0.244 e. The number of halogens is 2. The summed E-state index contributed by atoms with van der Waals surface area (Å²) >= 11 is 5.91. The molecule has 0 aromatic heterocycles. The van der Waals surface area contributed by atoms with E-state index in [1.807, 2.05) is 6.92 Å². The first-order valence-electron chi connectivity index (χ1n) is 6.46. The fraction of sp³-hybridized carbons (Fsp3) is 0.538. The van der Waals surface area contributed by atoms with E-state index in [1.54, 1.807) is 0 Å². The van der Waals surface area contributed by atoms with Gasteiger partial charge in [-0.2, -0.15) is 4.31 Å². The van der Waals surface area contributed by atoms with Gasteiger partial charge in [-0.05, 0) is 44.4 Å². The molecule has 20 heavy (non-hydrogen) atoms. The number of hydrogen-bond donors (Lipinski definition) is 1. The third-order valence-electron chi connectivity index (χ3n) is 3.66. The van der Waals surface area contributed by atoms with Crippen molar-refractivity contribution in [1.82, 2.24) is 4.31 Å². The standard InChI is InChI=1S/C13H18ClFN2O2S/c1-8-5-13(11(14)7-12(8)15)20(18,19)17-4-3-10(16)6-9(17)2/h5,7,9-10H,3-4,6,16H2,1-2H3. The molecule has 2 N–H and O–H groups in total. The van der Waals surface area contributed by atoms with E-state index < -0.39 is 15.8 Å². The van der Waals surface area contributed by atoms with E-state index in [2.05, 4.69) is 0 Å². The normalized spacial score (nSPS) is 24.9. The average Bonchev–Trinajstić information content (AvgIpc) is 2.33. The van der Waals surface area contributed by atoms with Crippen molar-refractivity contribution in [2.45, 2.75) is 43.7 Å². The Balaban J connectivity index is 2.43. The number of hydrogen-bond acceptors (Lipinski definition) is 3. The van der Waals surface area contributed by atoms with Crippen LogP contribution in [0, 0.1) is 12.7 Å². The number of nitrogens with zero attached hydrogens (tertiary/aromatic N) is 1. The highest BCUT2D eigenvalue weighted by Crippen LogP contribution is 2.30. The third kappa shape index (κ3) is 2.83. The molecule has 0 spiro atoms. The largest absolute Gasteiger partial charge is 0.328 e. The van der Waals surface area contributed by atoms with Crippen LogP contribution in [0.25, 0.3) is 0 Å². The van der Waals surface area contributed by atoms with Crippen LogP contribution < -0.4 is 5.73 Å². The highest BCUT2D eigenvalue weighted by molar-refractivity contribution is 7.89. The lowest BCUT2D eigenvalue weighted by atomic mass is 10.0. The molecule has 1 aromatic rings. The lowest BCUT2D eigenvalue weighted by Crippen LogP contribution is -2.48. The molecule has 2 atom stereocenters. The Labute approximate surface area is 123 Å². The van der Waals surface area contributed by atoms with Crippen molar-refractivity contribution in [3.8, 4) is 0 Å². The summed E-state index contributed by atoms with van der Waals surface area (Å²) in [5, 5.41) is -0.0878. The predicted molar refractivity (Wildman–Crippen MR) is 76.7 cm³/mol. The number of aryl methyl sites for hydroxylation is 1. The number of sulfonamides is 1. The van der Waals surface area contributed by atoms with Gasteiger partial charge < -0.3 is 5.73 Å². The van der Waals surface area contributed by atoms with Crippen molar-refractivity contribution in [3.63, 3.8) is 0 Å². The topological polar surface area (TPSA) is 63.4 Å². The van der Waals surface area contributed by atoms with Gasteiger partial charge in [0.2, 0.25) is 10.0 Å². The van der Waals surface area contributed by atoms with Crippen molar-refractivity contribution >= 4 is 21.6 Å². The molecule has 1 aliphatic heterocycles. The summed E-state index contributed by atoms with van der Waals surface area (Å²) in [6.07, 6.45) is 1.22. The molecule has 1 aliphatic rings. The summed E-state index contributed by atoms with van der Waals surface area (Å²) in [4.78, 5) is -0.0413. The molecule has 1 saturated heterocycles. The zero-order chi connectivity index (χ0) is 15.1. The van der Waals surface area contributed by atoms with Crippen LogP contribution >= 0.6 is 11.6 Å². The van der Waals surface area contributed by atoms with Crippen molar-refractivity contribution in [1.29, 1.82) is 0 Å². The molecular weight excluding hydrogens is 303 g/mol. The van der Waals surface area contributed by atoms with Crippen LogP contribution in [0.15, 0.2) is 17.0 Å². The molecule has 1 fully saturated rings. The lowest BCUT2D eigenvalue weighted by molar-refractivity contribution is 0.247. The van der Waals surface area contributed by atoms with E-state index >= 15 is 0 Å². The van der Waals surface area contributed by atoms with Crippen molar-refractivity contribution in [2.24, 2.45) is 5.73 Å². The molecule has 0 saturated carbocycles. The SMILES string of the molecule is Cc1cc(S(=O)(=O)N2CCC(N)CC2C)c(Cl)cc1F. The van der Waals surface area contributed by atoms with Crippen molar-refractivity contribution in [3.05, 3.63) is 28.5 Å². The molecule has 1 aromatic carbocycles. The Morgan fingerprint density at radius 2 is 2.10 bits per heavy atom. The van der Waals surface area contributed by atoms with Gasteiger partial charge >= 0.3 is 0 Å². The van der Waals surface area contributed by atoms with Gasteiger partial charge in [0, 0.05) is 18.6 Å². The molecule has 0 aliphatic carbocycles. The van der Waals surface area contributed by atoms with Gasteiger partial charge in [0.05, 0.1) is 5.02 Å². The number of rotatable bonds is 2. The first-order valence-corrected chi connectivity index (χ1v) is 8.28. The van der Waals surface area contributed by atoms with E-state index in [1.165, 1.54) is 17.3 Å². The molecule has 0 radical (unpaired) electrons. The zero-order valence-corrected chi connectivity index (χ0v) is 13.0. The predicted octanol–water partition coefficient (Wildman–Crippen LogP) is 2.29. The lowest BCUT2D eigenvalue weighted by Gasteiger charge is -2.35. The molecule has 2 unspecified atom stereocenters. The summed E-state index contributed by atoms with van der Waals surface area (Å²) in [6, 6.07) is 2.16. The molecule has 7 heteroatoms. The van der Waals surface area contributed by atoms with Crippen LogP contribution in [-0.2, 0) is 10.0 Å². The molecule has 0 bridgehead atoms. The second-order valence-electron chi connectivity index (χ2n) is 5.28. The van der Waals surface area contributed by atoms with E-state index in [-0.39, 0.29) is 27.6 Å². The second kappa shape index (κ2) is 5.60. The van der Waals surface area contributed by atoms with E-state index in [0.717, 1.165) is 6.07 Å². The second-order valence-corrected chi connectivity index (χ2v) is 7.55. The van der Waals surface area contributed by atoms with Crippen molar-refractivity contribution < 1.29 is 12.8 Å². The third-order valence-corrected chi connectivity index (χ3v) is 6.13.